The molecule has 12 nitrogen and oxygen atoms in total. The largest absolute Gasteiger partial charge is 0.507 e. The highest BCUT2D eigenvalue weighted by atomic mass is 16.5. The maximum Gasteiger partial charge on any atom is 0.167 e. The summed E-state index contributed by atoms with van der Waals surface area (Å²) in [5.41, 5.74) is 9.04. The number of hydrogen-bond donors (Lipinski definition) is 3. The molecule has 2 aromatic heterocycles. The Hall–Kier alpha value is -7.54. The van der Waals surface area contributed by atoms with E-state index >= 15 is 0 Å². The lowest BCUT2D eigenvalue weighted by Crippen LogP contribution is -2.25. The Morgan fingerprint density at radius 1 is 0.440 bits per heavy atom. The van der Waals surface area contributed by atoms with Gasteiger partial charge in [0.2, 0.25) is 0 Å². The smallest absolute Gasteiger partial charge is 0.167 e. The van der Waals surface area contributed by atoms with E-state index in [-0.39, 0.29) is 24.7 Å². The van der Waals surface area contributed by atoms with Crippen molar-refractivity contribution in [2.24, 2.45) is 5.92 Å². The van der Waals surface area contributed by atoms with Crippen molar-refractivity contribution < 1.29 is 29.5 Å². The number of ether oxygens (including phenoxy) is 3. The summed E-state index contributed by atoms with van der Waals surface area (Å²) in [6.45, 7) is 16.3. The number of nitrogens with zero attached hydrogens (tertiary/aromatic N) is 6. The first kappa shape index (κ1) is 55.2. The Morgan fingerprint density at radius 3 is 1.36 bits per heavy atom. The molecule has 6 aromatic carbocycles. The first-order valence-electron chi connectivity index (χ1n) is 26.4. The van der Waals surface area contributed by atoms with E-state index in [4.69, 9.17) is 29.2 Å². The van der Waals surface area contributed by atoms with Gasteiger partial charge in [0.05, 0.1) is 24.3 Å². The van der Waals surface area contributed by atoms with E-state index < -0.39 is 6.10 Å². The van der Waals surface area contributed by atoms with Gasteiger partial charge in [0.15, 0.2) is 34.9 Å². The van der Waals surface area contributed by atoms with Crippen LogP contribution in [0.3, 0.4) is 0 Å². The second-order valence-electron chi connectivity index (χ2n) is 19.2. The third kappa shape index (κ3) is 15.7. The average molecular weight is 1010 g/mol. The van der Waals surface area contributed by atoms with Crippen molar-refractivity contribution in [1.29, 1.82) is 0 Å². The molecule has 0 aliphatic heterocycles. The molecule has 12 heteroatoms. The third-order valence-corrected chi connectivity index (χ3v) is 12.9. The first-order valence-corrected chi connectivity index (χ1v) is 26.4. The van der Waals surface area contributed by atoms with Crippen LogP contribution in [0.25, 0.3) is 68.3 Å². The Morgan fingerprint density at radius 2 is 0.893 bits per heavy atom. The van der Waals surface area contributed by atoms with Gasteiger partial charge in [0.1, 0.15) is 35.7 Å². The Labute approximate surface area is 443 Å². The van der Waals surface area contributed by atoms with Crippen molar-refractivity contribution >= 4 is 0 Å². The number of phenols is 2. The zero-order valence-corrected chi connectivity index (χ0v) is 44.6. The predicted octanol–water partition coefficient (Wildman–Crippen LogP) is 14.3. The minimum atomic E-state index is -0.769. The highest BCUT2D eigenvalue weighted by molar-refractivity contribution is 5.73. The first-order chi connectivity index (χ1) is 36.4. The Kier molecular flexibility index (Phi) is 20.4. The zero-order chi connectivity index (χ0) is 53.1. The van der Waals surface area contributed by atoms with E-state index in [1.54, 1.807) is 24.3 Å². The van der Waals surface area contributed by atoms with Crippen molar-refractivity contribution in [3.05, 3.63) is 156 Å². The molecule has 0 aliphatic carbocycles. The molecule has 0 spiro atoms. The average Bonchev–Trinajstić information content (AvgIpc) is 3.41. The summed E-state index contributed by atoms with van der Waals surface area (Å²) in [6.07, 6.45) is 8.36. The number of phenolic OH excluding ortho intramolecular Hbond substituents is 2. The molecular weight excluding hydrogens is 937 g/mol. The molecule has 0 radical (unpaired) electrons. The van der Waals surface area contributed by atoms with E-state index in [1.165, 1.54) is 31.7 Å². The molecule has 390 valence electrons. The van der Waals surface area contributed by atoms with Crippen LogP contribution < -0.4 is 9.47 Å². The van der Waals surface area contributed by atoms with E-state index in [1.807, 2.05) is 105 Å². The highest BCUT2D eigenvalue weighted by Gasteiger charge is 2.19. The monoisotopic (exact) mass is 1010 g/mol. The Balaban J connectivity index is 0.000000228. The second-order valence-corrected chi connectivity index (χ2v) is 19.2. The fourth-order valence-electron chi connectivity index (χ4n) is 8.60. The predicted molar refractivity (Wildman–Crippen MR) is 300 cm³/mol. The zero-order valence-electron chi connectivity index (χ0n) is 44.6. The van der Waals surface area contributed by atoms with E-state index in [0.29, 0.717) is 76.7 Å². The van der Waals surface area contributed by atoms with Gasteiger partial charge in [-0.05, 0) is 81.8 Å². The number of aromatic hydroxyl groups is 2. The van der Waals surface area contributed by atoms with Gasteiger partial charge in [0.25, 0.3) is 0 Å². The molecule has 8 rings (SSSR count). The van der Waals surface area contributed by atoms with Gasteiger partial charge in [0, 0.05) is 41.0 Å². The van der Waals surface area contributed by atoms with Crippen molar-refractivity contribution in [3.63, 3.8) is 0 Å². The van der Waals surface area contributed by atoms with Gasteiger partial charge < -0.3 is 29.5 Å². The van der Waals surface area contributed by atoms with Gasteiger partial charge >= 0.3 is 0 Å². The van der Waals surface area contributed by atoms with E-state index in [9.17, 15) is 15.3 Å². The van der Waals surface area contributed by atoms with E-state index in [2.05, 4.69) is 61.7 Å². The summed E-state index contributed by atoms with van der Waals surface area (Å²) in [7, 11) is 0. The van der Waals surface area contributed by atoms with Crippen molar-refractivity contribution in [2.45, 2.75) is 106 Å². The second kappa shape index (κ2) is 27.7. The van der Waals surface area contributed by atoms with Crippen molar-refractivity contribution in [1.82, 2.24) is 29.9 Å². The lowest BCUT2D eigenvalue weighted by Gasteiger charge is -2.17. The summed E-state index contributed by atoms with van der Waals surface area (Å²) < 4.78 is 17.3. The summed E-state index contributed by atoms with van der Waals surface area (Å²) in [4.78, 5) is 28.5. The molecule has 3 N–H and O–H groups in total. The number of rotatable bonds is 23. The van der Waals surface area contributed by atoms with E-state index in [0.717, 1.165) is 70.2 Å². The van der Waals surface area contributed by atoms with Crippen molar-refractivity contribution in [2.75, 3.05) is 26.4 Å². The van der Waals surface area contributed by atoms with Crippen LogP contribution in [-0.2, 0) is 4.74 Å². The van der Waals surface area contributed by atoms with Crippen LogP contribution in [-0.4, -0.2) is 77.8 Å². The molecule has 0 saturated heterocycles. The molecule has 2 atom stereocenters. The van der Waals surface area contributed by atoms with Gasteiger partial charge in [-0.15, -0.1) is 0 Å². The molecule has 75 heavy (non-hydrogen) atoms. The molecule has 8 aromatic rings. The van der Waals surface area contributed by atoms with Crippen LogP contribution in [0.2, 0.25) is 0 Å². The minimum Gasteiger partial charge on any atom is -0.507 e. The molecule has 0 amide bonds. The molecule has 0 fully saturated rings. The van der Waals surface area contributed by atoms with Gasteiger partial charge in [-0.2, -0.15) is 0 Å². The number of hydrogen-bond acceptors (Lipinski definition) is 12. The summed E-state index contributed by atoms with van der Waals surface area (Å²) >= 11 is 0. The third-order valence-electron chi connectivity index (χ3n) is 12.9. The quantitative estimate of drug-likeness (QED) is 0.0520. The Bertz CT molecular complexity index is 2950. The molecule has 0 aliphatic rings. The molecular formula is C63H72N6O6. The maximum atomic E-state index is 11.0. The van der Waals surface area contributed by atoms with Crippen LogP contribution in [0.15, 0.2) is 133 Å². The fourth-order valence-corrected chi connectivity index (χ4v) is 8.60. The van der Waals surface area contributed by atoms with Gasteiger partial charge in [-0.25, -0.2) is 29.9 Å². The molecule has 2 heterocycles. The summed E-state index contributed by atoms with van der Waals surface area (Å²) in [6, 6.07) is 42.2. The number of aliphatic hydroxyl groups excluding tert-OH is 1. The summed E-state index contributed by atoms with van der Waals surface area (Å²) in [5.74, 6) is 4.65. The number of aliphatic hydroxyl groups is 1. The van der Waals surface area contributed by atoms with Crippen LogP contribution in [0.4, 0.5) is 0 Å². The fraction of sp³-hybridized carbons (Fsp3) is 0.333. The van der Waals surface area contributed by atoms with Crippen LogP contribution in [0.1, 0.15) is 94.4 Å². The molecule has 0 saturated carbocycles. The SMILES string of the molecule is CCCCC(CC)COCC(O)COc1ccc(-c2nc(-c3ccc(C)cc3C)nc(-c3ccc(C)cc3C)n2)c(O)c1.CCCCCCOc1ccc(-c2nc(-c3ccccc3)nc(-c3ccccc3)n2)c(O)c1. The molecule has 2 unspecified atom stereocenters. The standard InChI is InChI=1S/C36H45N3O4.C27H27N3O2/c1-7-9-10-27(8-2)20-42-21-28(40)22-43-29-13-16-32(33(41)19-29)36-38-34(30-14-11-23(3)17-25(30)5)37-35(39-36)31-15-12-24(4)18-26(31)6;1-2-3-4-11-18-32-22-16-17-23(24(31)19-22)27-29-25(20-12-7-5-8-13-20)28-26(30-27)21-14-9-6-10-15-21/h11-19,27-28,40-41H,7-10,20-22H2,1-6H3;5-10,12-17,19,31H,2-4,11,18H2,1H3. The van der Waals surface area contributed by atoms with Gasteiger partial charge in [-0.1, -0.05) is 167 Å². The van der Waals surface area contributed by atoms with Crippen LogP contribution in [0, 0.1) is 33.6 Å². The lowest BCUT2D eigenvalue weighted by atomic mass is 10.0. The number of aryl methyl sites for hydroxylation is 4. The lowest BCUT2D eigenvalue weighted by molar-refractivity contribution is -0.00111. The molecule has 0 bridgehead atoms. The topological polar surface area (TPSA) is 166 Å². The summed E-state index contributed by atoms with van der Waals surface area (Å²) in [5, 5.41) is 32.2. The van der Waals surface area contributed by atoms with Crippen molar-refractivity contribution in [3.8, 4) is 91.3 Å². The maximum absolute atomic E-state index is 11.0. The van der Waals surface area contributed by atoms with Gasteiger partial charge in [-0.3, -0.25) is 0 Å². The normalized spacial score (nSPS) is 11.9. The highest BCUT2D eigenvalue weighted by Crippen LogP contribution is 2.35. The van der Waals surface area contributed by atoms with Crippen LogP contribution >= 0.6 is 0 Å². The van der Waals surface area contributed by atoms with Crippen LogP contribution in [0.5, 0.6) is 23.0 Å². The number of aromatic nitrogens is 6. The number of benzene rings is 6. The number of unbranched alkanes of at least 4 members (excludes halogenated alkanes) is 4. The minimum absolute atomic E-state index is 0.0192.